The van der Waals surface area contributed by atoms with E-state index < -0.39 is 15.9 Å². The Hall–Kier alpha value is -3.92. The van der Waals surface area contributed by atoms with Gasteiger partial charge in [-0.1, -0.05) is 11.2 Å². The summed E-state index contributed by atoms with van der Waals surface area (Å²) < 4.78 is 38.2. The molecule has 0 spiro atoms. The highest BCUT2D eigenvalue weighted by Crippen LogP contribution is 2.23. The Kier molecular flexibility index (Phi) is 5.54. The van der Waals surface area contributed by atoms with Gasteiger partial charge in [0, 0.05) is 17.3 Å². The number of aromatic nitrogens is 1. The molecule has 1 amide bonds. The van der Waals surface area contributed by atoms with Gasteiger partial charge in [0.1, 0.15) is 5.58 Å². The number of fused-ring (bicyclic) bond motifs is 1. The second-order valence-corrected chi connectivity index (χ2v) is 9.42. The van der Waals surface area contributed by atoms with Gasteiger partial charge in [-0.05, 0) is 69.2 Å². The van der Waals surface area contributed by atoms with Gasteiger partial charge in [0.25, 0.3) is 15.9 Å². The molecule has 0 unspecified atom stereocenters. The monoisotopic (exact) mass is 467 g/mol. The highest BCUT2D eigenvalue weighted by Gasteiger charge is 2.20. The van der Waals surface area contributed by atoms with Gasteiger partial charge >= 0.3 is 0 Å². The van der Waals surface area contributed by atoms with Gasteiger partial charge in [0.2, 0.25) is 5.88 Å². The SMILES string of the molecule is Cc1cc(C)c2c(=O)cc(C(=O)Nc3ccc(S(=O)(=O)Nc4onc(C)c4C)cc3)oc2c1. The minimum atomic E-state index is -3.91. The Balaban J connectivity index is 1.55. The molecule has 4 rings (SSSR count). The van der Waals surface area contributed by atoms with E-state index in [1.807, 2.05) is 13.0 Å². The first-order valence-corrected chi connectivity index (χ1v) is 11.5. The lowest BCUT2D eigenvalue weighted by Crippen LogP contribution is -2.16. The number of sulfonamides is 1. The number of rotatable bonds is 5. The largest absolute Gasteiger partial charge is 0.451 e. The van der Waals surface area contributed by atoms with Gasteiger partial charge in [-0.3, -0.25) is 9.59 Å². The number of hydrogen-bond donors (Lipinski definition) is 2. The van der Waals surface area contributed by atoms with Crippen LogP contribution in [-0.2, 0) is 10.0 Å². The first-order chi connectivity index (χ1) is 15.5. The number of carbonyl (C=O) groups is 1. The summed E-state index contributed by atoms with van der Waals surface area (Å²) in [4.78, 5) is 25.1. The standard InChI is InChI=1S/C23H21N3O6S/c1-12-9-13(2)21-18(27)11-20(31-19(21)10-12)22(28)24-16-5-7-17(8-6-16)33(29,30)26-23-14(3)15(4)25-32-23/h5-11,26H,1-4H3,(H,24,28). The van der Waals surface area contributed by atoms with Crippen LogP contribution in [0.15, 0.2) is 61.1 Å². The van der Waals surface area contributed by atoms with Crippen molar-refractivity contribution in [3.63, 3.8) is 0 Å². The fraction of sp³-hybridized carbons (Fsp3) is 0.174. The summed E-state index contributed by atoms with van der Waals surface area (Å²) in [5.74, 6) is -0.733. The molecule has 0 aliphatic rings. The van der Waals surface area contributed by atoms with E-state index in [4.69, 9.17) is 8.94 Å². The van der Waals surface area contributed by atoms with Gasteiger partial charge in [-0.2, -0.15) is 0 Å². The van der Waals surface area contributed by atoms with Crippen molar-refractivity contribution in [1.29, 1.82) is 0 Å². The molecule has 0 saturated heterocycles. The maximum absolute atomic E-state index is 12.6. The maximum Gasteiger partial charge on any atom is 0.291 e. The van der Waals surface area contributed by atoms with E-state index in [9.17, 15) is 18.0 Å². The quantitative estimate of drug-likeness (QED) is 0.452. The summed E-state index contributed by atoms with van der Waals surface area (Å²) >= 11 is 0. The summed E-state index contributed by atoms with van der Waals surface area (Å²) in [5, 5.41) is 6.76. The predicted molar refractivity (Wildman–Crippen MR) is 123 cm³/mol. The Morgan fingerprint density at radius 3 is 2.33 bits per heavy atom. The Labute approximate surface area is 189 Å². The van der Waals surface area contributed by atoms with Crippen LogP contribution in [0.2, 0.25) is 0 Å². The number of carbonyl (C=O) groups excluding carboxylic acids is 1. The van der Waals surface area contributed by atoms with Crippen molar-refractivity contribution < 1.29 is 22.2 Å². The fourth-order valence-electron chi connectivity index (χ4n) is 3.38. The molecule has 33 heavy (non-hydrogen) atoms. The van der Waals surface area contributed by atoms with Gasteiger partial charge in [-0.15, -0.1) is 0 Å². The molecule has 10 heteroatoms. The van der Waals surface area contributed by atoms with Gasteiger partial charge in [0.05, 0.1) is 16.0 Å². The number of benzene rings is 2. The first kappa shape index (κ1) is 22.3. The molecule has 2 heterocycles. The van der Waals surface area contributed by atoms with E-state index in [1.165, 1.54) is 24.3 Å². The molecular formula is C23H21N3O6S. The predicted octanol–water partition coefficient (Wildman–Crippen LogP) is 4.07. The third-order valence-corrected chi connectivity index (χ3v) is 6.55. The first-order valence-electron chi connectivity index (χ1n) is 9.97. The zero-order chi connectivity index (χ0) is 23.9. The summed E-state index contributed by atoms with van der Waals surface area (Å²) in [6, 6.07) is 10.2. The second-order valence-electron chi connectivity index (χ2n) is 7.74. The molecule has 0 radical (unpaired) electrons. The maximum atomic E-state index is 12.6. The zero-order valence-corrected chi connectivity index (χ0v) is 19.2. The minimum absolute atomic E-state index is 0.0304. The molecule has 0 bridgehead atoms. The third-order valence-electron chi connectivity index (χ3n) is 5.20. The van der Waals surface area contributed by atoms with Crippen molar-refractivity contribution in [2.45, 2.75) is 32.6 Å². The zero-order valence-electron chi connectivity index (χ0n) is 18.3. The van der Waals surface area contributed by atoms with Crippen molar-refractivity contribution in [3.8, 4) is 0 Å². The Morgan fingerprint density at radius 2 is 1.70 bits per heavy atom. The molecule has 2 aromatic carbocycles. The van der Waals surface area contributed by atoms with Crippen molar-refractivity contribution in [2.75, 3.05) is 10.0 Å². The van der Waals surface area contributed by atoms with Crippen LogP contribution in [0.1, 0.15) is 32.9 Å². The highest BCUT2D eigenvalue weighted by molar-refractivity contribution is 7.92. The lowest BCUT2D eigenvalue weighted by molar-refractivity contribution is 0.0997. The average molecular weight is 468 g/mol. The van der Waals surface area contributed by atoms with Gasteiger partial charge < -0.3 is 14.3 Å². The average Bonchev–Trinajstić information content (AvgIpc) is 3.05. The molecule has 2 aromatic heterocycles. The molecule has 0 aliphatic carbocycles. The molecule has 170 valence electrons. The van der Waals surface area contributed by atoms with E-state index in [-0.39, 0.29) is 22.0 Å². The molecule has 0 saturated carbocycles. The van der Waals surface area contributed by atoms with E-state index in [2.05, 4.69) is 15.2 Å². The smallest absolute Gasteiger partial charge is 0.291 e. The van der Waals surface area contributed by atoms with E-state index in [0.29, 0.717) is 27.9 Å². The number of amides is 1. The summed E-state index contributed by atoms with van der Waals surface area (Å²) in [5.41, 5.74) is 3.18. The highest BCUT2D eigenvalue weighted by atomic mass is 32.2. The van der Waals surface area contributed by atoms with Crippen molar-refractivity contribution in [3.05, 3.63) is 80.8 Å². The number of nitrogens with one attached hydrogen (secondary N) is 2. The van der Waals surface area contributed by atoms with Crippen LogP contribution in [0.25, 0.3) is 11.0 Å². The molecular weight excluding hydrogens is 446 g/mol. The van der Waals surface area contributed by atoms with E-state index >= 15 is 0 Å². The normalized spacial score (nSPS) is 11.5. The van der Waals surface area contributed by atoms with Gasteiger partial charge in [0.15, 0.2) is 11.2 Å². The molecule has 2 N–H and O–H groups in total. The van der Waals surface area contributed by atoms with Crippen molar-refractivity contribution in [1.82, 2.24) is 5.16 Å². The minimum Gasteiger partial charge on any atom is -0.451 e. The number of aryl methyl sites for hydroxylation is 3. The summed E-state index contributed by atoms with van der Waals surface area (Å²) in [7, 11) is -3.91. The van der Waals surface area contributed by atoms with E-state index in [0.717, 1.165) is 17.2 Å². The number of nitrogens with zero attached hydrogens (tertiary/aromatic N) is 1. The molecule has 4 aromatic rings. The van der Waals surface area contributed by atoms with Crippen molar-refractivity contribution in [2.24, 2.45) is 0 Å². The topological polar surface area (TPSA) is 132 Å². The van der Waals surface area contributed by atoms with E-state index in [1.54, 1.807) is 26.8 Å². The van der Waals surface area contributed by atoms with Crippen molar-refractivity contribution >= 4 is 38.5 Å². The Bertz CT molecular complexity index is 1550. The fourth-order valence-corrected chi connectivity index (χ4v) is 4.42. The van der Waals surface area contributed by atoms with Crippen LogP contribution in [0, 0.1) is 27.7 Å². The third kappa shape index (κ3) is 4.37. The Morgan fingerprint density at radius 1 is 1.00 bits per heavy atom. The van der Waals surface area contributed by atoms with Crippen LogP contribution in [-0.4, -0.2) is 19.5 Å². The van der Waals surface area contributed by atoms with Crippen LogP contribution in [0.4, 0.5) is 11.6 Å². The molecule has 9 nitrogen and oxygen atoms in total. The molecule has 0 atom stereocenters. The summed E-state index contributed by atoms with van der Waals surface area (Å²) in [6.45, 7) is 7.07. The lowest BCUT2D eigenvalue weighted by Gasteiger charge is -2.09. The molecule has 0 fully saturated rings. The number of hydrogen-bond acceptors (Lipinski definition) is 7. The van der Waals surface area contributed by atoms with Crippen LogP contribution in [0.3, 0.4) is 0 Å². The van der Waals surface area contributed by atoms with Crippen LogP contribution in [0.5, 0.6) is 0 Å². The van der Waals surface area contributed by atoms with Crippen LogP contribution < -0.4 is 15.5 Å². The van der Waals surface area contributed by atoms with Gasteiger partial charge in [-0.25, -0.2) is 13.1 Å². The lowest BCUT2D eigenvalue weighted by atomic mass is 10.1. The molecule has 0 aliphatic heterocycles. The van der Waals surface area contributed by atoms with Crippen LogP contribution >= 0.6 is 0 Å². The second kappa shape index (κ2) is 8.21. The number of anilines is 2. The summed E-state index contributed by atoms with van der Waals surface area (Å²) in [6.07, 6.45) is 0.